The van der Waals surface area contributed by atoms with Gasteiger partial charge in [0.15, 0.2) is 5.78 Å². The number of carbonyl (C=O) groups excluding carboxylic acids is 2. The largest absolute Gasteiger partial charge is 0.326 e. The summed E-state index contributed by atoms with van der Waals surface area (Å²) in [4.78, 5) is 24.0. The molecule has 3 nitrogen and oxygen atoms in total. The number of hydrogen-bond acceptors (Lipinski definition) is 2. The quantitative estimate of drug-likeness (QED) is 0.826. The van der Waals surface area contributed by atoms with Crippen molar-refractivity contribution in [1.82, 2.24) is 0 Å². The monoisotopic (exact) mass is 257 g/mol. The number of rotatable bonds is 2. The summed E-state index contributed by atoms with van der Waals surface area (Å²) in [5, 5.41) is 2.85. The molecule has 1 N–H and O–H groups in total. The molecule has 0 bridgehead atoms. The Morgan fingerprint density at radius 2 is 1.95 bits per heavy atom. The zero-order valence-corrected chi connectivity index (χ0v) is 11.3. The van der Waals surface area contributed by atoms with Crippen LogP contribution in [0.25, 0.3) is 0 Å². The molecule has 0 saturated heterocycles. The van der Waals surface area contributed by atoms with Gasteiger partial charge in [-0.2, -0.15) is 0 Å². The van der Waals surface area contributed by atoms with Gasteiger partial charge in [-0.3, -0.25) is 9.59 Å². The van der Waals surface area contributed by atoms with Crippen molar-refractivity contribution in [3.8, 4) is 0 Å². The van der Waals surface area contributed by atoms with E-state index in [1.807, 2.05) is 18.2 Å². The zero-order valence-electron chi connectivity index (χ0n) is 11.3. The van der Waals surface area contributed by atoms with Crippen molar-refractivity contribution in [2.75, 3.05) is 5.32 Å². The lowest BCUT2D eigenvalue weighted by Crippen LogP contribution is -2.25. The standard InChI is InChI=1S/C16H19NO2/c1-16(8-2-3-9-16)15(19)12-4-6-13-11(10-12)5-7-14(18)17-13/h4,6,10H,2-3,5,7-9H2,1H3,(H,17,18). The van der Waals surface area contributed by atoms with Crippen LogP contribution in [-0.4, -0.2) is 11.7 Å². The lowest BCUT2D eigenvalue weighted by Gasteiger charge is -2.23. The van der Waals surface area contributed by atoms with Crippen LogP contribution in [-0.2, 0) is 11.2 Å². The summed E-state index contributed by atoms with van der Waals surface area (Å²) in [6.07, 6.45) is 5.56. The molecule has 2 aliphatic rings. The highest BCUT2D eigenvalue weighted by Crippen LogP contribution is 2.40. The van der Waals surface area contributed by atoms with Crippen molar-refractivity contribution in [1.29, 1.82) is 0 Å². The average molecular weight is 257 g/mol. The molecule has 1 heterocycles. The van der Waals surface area contributed by atoms with Crippen LogP contribution in [0.2, 0.25) is 0 Å². The molecule has 0 aromatic heterocycles. The Bertz CT molecular complexity index is 542. The molecule has 0 radical (unpaired) electrons. The molecule has 1 aromatic rings. The smallest absolute Gasteiger partial charge is 0.224 e. The molecule has 1 aliphatic carbocycles. The highest BCUT2D eigenvalue weighted by molar-refractivity contribution is 6.02. The number of carbonyl (C=O) groups is 2. The molecule has 1 amide bonds. The summed E-state index contributed by atoms with van der Waals surface area (Å²) in [5.74, 6) is 0.332. The molecule has 1 aliphatic heterocycles. The van der Waals surface area contributed by atoms with E-state index in [9.17, 15) is 9.59 Å². The summed E-state index contributed by atoms with van der Waals surface area (Å²) < 4.78 is 0. The van der Waals surface area contributed by atoms with Gasteiger partial charge in [0.2, 0.25) is 5.91 Å². The predicted molar refractivity (Wildman–Crippen MR) is 74.3 cm³/mol. The van der Waals surface area contributed by atoms with Crippen LogP contribution in [0.15, 0.2) is 18.2 Å². The first-order chi connectivity index (χ1) is 9.08. The Kier molecular flexibility index (Phi) is 2.92. The van der Waals surface area contributed by atoms with E-state index in [4.69, 9.17) is 0 Å². The second-order valence-electron chi connectivity index (χ2n) is 6.02. The van der Waals surface area contributed by atoms with Gasteiger partial charge in [0.25, 0.3) is 0 Å². The van der Waals surface area contributed by atoms with E-state index in [0.29, 0.717) is 6.42 Å². The zero-order chi connectivity index (χ0) is 13.5. The molecule has 3 heteroatoms. The summed E-state index contributed by atoms with van der Waals surface area (Å²) >= 11 is 0. The topological polar surface area (TPSA) is 46.2 Å². The lowest BCUT2D eigenvalue weighted by atomic mass is 9.80. The number of amides is 1. The van der Waals surface area contributed by atoms with Gasteiger partial charge in [-0.05, 0) is 43.0 Å². The minimum Gasteiger partial charge on any atom is -0.326 e. The number of aryl methyl sites for hydroxylation is 1. The molecule has 1 saturated carbocycles. The fourth-order valence-corrected chi connectivity index (χ4v) is 3.26. The first kappa shape index (κ1) is 12.4. The van der Waals surface area contributed by atoms with Crippen molar-refractivity contribution < 1.29 is 9.59 Å². The van der Waals surface area contributed by atoms with Gasteiger partial charge < -0.3 is 5.32 Å². The van der Waals surface area contributed by atoms with Crippen LogP contribution in [0.1, 0.15) is 54.9 Å². The van der Waals surface area contributed by atoms with Crippen LogP contribution >= 0.6 is 0 Å². The normalized spacial score (nSPS) is 20.8. The number of Topliss-reactive ketones (excluding diaryl/α,β-unsaturated/α-hetero) is 1. The lowest BCUT2D eigenvalue weighted by molar-refractivity contribution is -0.116. The Balaban J connectivity index is 1.90. The average Bonchev–Trinajstić information content (AvgIpc) is 2.85. The third-order valence-electron chi connectivity index (χ3n) is 4.52. The van der Waals surface area contributed by atoms with Gasteiger partial charge in [-0.25, -0.2) is 0 Å². The van der Waals surface area contributed by atoms with Crippen LogP contribution in [0.3, 0.4) is 0 Å². The van der Waals surface area contributed by atoms with Crippen LogP contribution < -0.4 is 5.32 Å². The van der Waals surface area contributed by atoms with E-state index < -0.39 is 0 Å². The molecule has 0 atom stereocenters. The predicted octanol–water partition coefficient (Wildman–Crippen LogP) is 3.33. The van der Waals surface area contributed by atoms with Gasteiger partial charge >= 0.3 is 0 Å². The molecule has 3 rings (SSSR count). The van der Waals surface area contributed by atoms with E-state index in [-0.39, 0.29) is 17.1 Å². The van der Waals surface area contributed by atoms with Gasteiger partial charge in [0.05, 0.1) is 0 Å². The van der Waals surface area contributed by atoms with Gasteiger partial charge in [-0.1, -0.05) is 19.8 Å². The number of hydrogen-bond donors (Lipinski definition) is 1. The minimum atomic E-state index is -0.174. The number of ketones is 1. The Labute approximate surface area is 113 Å². The molecule has 1 fully saturated rings. The van der Waals surface area contributed by atoms with Crippen LogP contribution in [0.5, 0.6) is 0 Å². The third kappa shape index (κ3) is 2.18. The van der Waals surface area contributed by atoms with E-state index in [1.165, 1.54) is 0 Å². The fraction of sp³-hybridized carbons (Fsp3) is 0.500. The van der Waals surface area contributed by atoms with E-state index >= 15 is 0 Å². The maximum absolute atomic E-state index is 12.6. The van der Waals surface area contributed by atoms with Crippen molar-refractivity contribution >= 4 is 17.4 Å². The van der Waals surface area contributed by atoms with Crippen molar-refractivity contribution in [2.45, 2.75) is 45.4 Å². The maximum atomic E-state index is 12.6. The second-order valence-corrected chi connectivity index (χ2v) is 6.02. The van der Waals surface area contributed by atoms with E-state index in [1.54, 1.807) is 0 Å². The minimum absolute atomic E-state index is 0.0642. The Hall–Kier alpha value is -1.64. The Morgan fingerprint density at radius 1 is 1.21 bits per heavy atom. The second kappa shape index (κ2) is 4.48. The SMILES string of the molecule is CC1(C(=O)c2ccc3c(c2)CCC(=O)N3)CCCC1. The van der Waals surface area contributed by atoms with Crippen molar-refractivity contribution in [3.05, 3.63) is 29.3 Å². The molecule has 100 valence electrons. The van der Waals surface area contributed by atoms with Crippen molar-refractivity contribution in [3.63, 3.8) is 0 Å². The fourth-order valence-electron chi connectivity index (χ4n) is 3.26. The summed E-state index contributed by atoms with van der Waals surface area (Å²) in [6.45, 7) is 2.09. The summed E-state index contributed by atoms with van der Waals surface area (Å²) in [6, 6.07) is 5.70. The third-order valence-corrected chi connectivity index (χ3v) is 4.52. The maximum Gasteiger partial charge on any atom is 0.224 e. The molecule has 0 spiro atoms. The first-order valence-electron chi connectivity index (χ1n) is 7.06. The molecule has 0 unspecified atom stereocenters. The van der Waals surface area contributed by atoms with Crippen LogP contribution in [0.4, 0.5) is 5.69 Å². The highest BCUT2D eigenvalue weighted by atomic mass is 16.1. The van der Waals surface area contributed by atoms with Crippen molar-refractivity contribution in [2.24, 2.45) is 5.41 Å². The number of anilines is 1. The summed E-state index contributed by atoms with van der Waals surface area (Å²) in [7, 11) is 0. The van der Waals surface area contributed by atoms with Gasteiger partial charge in [0, 0.05) is 23.1 Å². The van der Waals surface area contributed by atoms with Gasteiger partial charge in [0.1, 0.15) is 0 Å². The summed E-state index contributed by atoms with van der Waals surface area (Å²) in [5.41, 5.74) is 2.59. The first-order valence-corrected chi connectivity index (χ1v) is 7.06. The molecular formula is C16H19NO2. The number of fused-ring (bicyclic) bond motifs is 1. The van der Waals surface area contributed by atoms with Gasteiger partial charge in [-0.15, -0.1) is 0 Å². The number of nitrogens with one attached hydrogen (secondary N) is 1. The number of benzene rings is 1. The molecular weight excluding hydrogens is 238 g/mol. The van der Waals surface area contributed by atoms with Crippen LogP contribution in [0, 0.1) is 5.41 Å². The van der Waals surface area contributed by atoms with E-state index in [0.717, 1.165) is 48.9 Å². The molecule has 1 aromatic carbocycles. The van der Waals surface area contributed by atoms with E-state index in [2.05, 4.69) is 12.2 Å². The molecule has 19 heavy (non-hydrogen) atoms. The highest BCUT2D eigenvalue weighted by Gasteiger charge is 2.36. The Morgan fingerprint density at radius 3 is 2.68 bits per heavy atom.